The van der Waals surface area contributed by atoms with Crippen LogP contribution in [0.1, 0.15) is 22.8 Å². The van der Waals surface area contributed by atoms with E-state index in [2.05, 4.69) is 22.5 Å². The van der Waals surface area contributed by atoms with E-state index in [-0.39, 0.29) is 5.11 Å². The van der Waals surface area contributed by atoms with Gasteiger partial charge in [0.25, 0.3) is 5.91 Å². The number of anilines is 1. The summed E-state index contributed by atoms with van der Waals surface area (Å²) >= 11 is 11.6. The highest BCUT2D eigenvalue weighted by molar-refractivity contribution is 7.80. The van der Waals surface area contributed by atoms with Crippen molar-refractivity contribution in [1.82, 2.24) is 10.3 Å². The van der Waals surface area contributed by atoms with Gasteiger partial charge >= 0.3 is 0 Å². The van der Waals surface area contributed by atoms with Crippen LogP contribution in [-0.2, 0) is 6.42 Å². The highest BCUT2D eigenvalue weighted by atomic mass is 35.5. The lowest BCUT2D eigenvalue weighted by Gasteiger charge is -2.11. The molecule has 0 aliphatic rings. The van der Waals surface area contributed by atoms with Gasteiger partial charge in [0.15, 0.2) is 10.7 Å². The Morgan fingerprint density at radius 3 is 2.65 bits per heavy atom. The quantitative estimate of drug-likeness (QED) is 0.372. The third-order valence-corrected chi connectivity index (χ3v) is 5.18. The molecule has 0 aliphatic carbocycles. The molecule has 31 heavy (non-hydrogen) atoms. The molecule has 1 aromatic heterocycles. The van der Waals surface area contributed by atoms with Crippen LogP contribution in [-0.4, -0.2) is 16.0 Å². The van der Waals surface area contributed by atoms with Gasteiger partial charge in [-0.1, -0.05) is 24.6 Å². The number of thiocarbonyl (C=S) groups is 1. The van der Waals surface area contributed by atoms with E-state index in [0.29, 0.717) is 33.3 Å². The van der Waals surface area contributed by atoms with Gasteiger partial charge in [-0.05, 0) is 78.8 Å². The maximum atomic E-state index is 13.0. The molecule has 0 saturated heterocycles. The molecule has 1 heterocycles. The zero-order chi connectivity index (χ0) is 22.0. The van der Waals surface area contributed by atoms with Crippen molar-refractivity contribution in [3.8, 4) is 11.5 Å². The number of aromatic nitrogens is 1. The molecule has 4 rings (SSSR count). The lowest BCUT2D eigenvalue weighted by atomic mass is 10.1. The maximum Gasteiger partial charge on any atom is 0.257 e. The molecule has 0 atom stereocenters. The number of carbonyl (C=O) groups is 1. The minimum Gasteiger partial charge on any atom is -0.436 e. The first-order valence-electron chi connectivity index (χ1n) is 9.50. The second kappa shape index (κ2) is 8.83. The molecular weight excluding hydrogens is 437 g/mol. The zero-order valence-electron chi connectivity index (χ0n) is 16.4. The van der Waals surface area contributed by atoms with Crippen LogP contribution in [0.15, 0.2) is 65.1 Å². The number of hydrogen-bond donors (Lipinski definition) is 2. The number of aryl methyl sites for hydroxylation is 1. The molecular formula is C23H17ClFN3O2S. The molecule has 0 unspecified atom stereocenters. The summed E-state index contributed by atoms with van der Waals surface area (Å²) in [5.41, 5.74) is 4.07. The first-order chi connectivity index (χ1) is 14.9. The highest BCUT2D eigenvalue weighted by Gasteiger charge is 2.14. The fraction of sp³-hybridized carbons (Fsp3) is 0.0870. The lowest BCUT2D eigenvalue weighted by molar-refractivity contribution is 0.0977. The van der Waals surface area contributed by atoms with Crippen LogP contribution in [0.4, 0.5) is 10.1 Å². The zero-order valence-corrected chi connectivity index (χ0v) is 18.0. The van der Waals surface area contributed by atoms with Crippen LogP contribution in [0.5, 0.6) is 0 Å². The van der Waals surface area contributed by atoms with E-state index in [4.69, 9.17) is 28.2 Å². The first-order valence-corrected chi connectivity index (χ1v) is 10.3. The summed E-state index contributed by atoms with van der Waals surface area (Å²) in [7, 11) is 0. The summed E-state index contributed by atoms with van der Waals surface area (Å²) in [6.45, 7) is 2.08. The standard InChI is InChI=1S/C23H17ClFN3O2S/c1-2-13-3-10-20-19(11-13)27-22(30-20)17-12-16(8-9-18(17)24)26-23(31)28-21(29)14-4-6-15(25)7-5-14/h3-12H,2H2,1H3,(H2,26,28,29,31). The smallest absolute Gasteiger partial charge is 0.257 e. The molecule has 0 fully saturated rings. The molecule has 0 spiro atoms. The van der Waals surface area contributed by atoms with Gasteiger partial charge in [0.1, 0.15) is 11.3 Å². The van der Waals surface area contributed by atoms with Crippen molar-refractivity contribution in [2.75, 3.05) is 5.32 Å². The van der Waals surface area contributed by atoms with Gasteiger partial charge in [-0.3, -0.25) is 10.1 Å². The summed E-state index contributed by atoms with van der Waals surface area (Å²) in [5, 5.41) is 6.06. The Morgan fingerprint density at radius 2 is 1.90 bits per heavy atom. The average Bonchev–Trinajstić information content (AvgIpc) is 3.18. The molecule has 0 aliphatic heterocycles. The Kier molecular flexibility index (Phi) is 5.97. The molecule has 0 radical (unpaired) electrons. The molecule has 156 valence electrons. The Balaban J connectivity index is 1.53. The Morgan fingerprint density at radius 1 is 1.13 bits per heavy atom. The number of nitrogens with one attached hydrogen (secondary N) is 2. The van der Waals surface area contributed by atoms with E-state index in [9.17, 15) is 9.18 Å². The summed E-state index contributed by atoms with van der Waals surface area (Å²) in [4.78, 5) is 16.8. The largest absolute Gasteiger partial charge is 0.436 e. The number of fused-ring (bicyclic) bond motifs is 1. The topological polar surface area (TPSA) is 67.2 Å². The number of carbonyl (C=O) groups excluding carboxylic acids is 1. The molecule has 3 aromatic carbocycles. The number of nitrogens with zero attached hydrogens (tertiary/aromatic N) is 1. The van der Waals surface area contributed by atoms with Crippen LogP contribution >= 0.6 is 23.8 Å². The second-order valence-electron chi connectivity index (χ2n) is 6.78. The predicted octanol–water partition coefficient (Wildman–Crippen LogP) is 5.98. The average molecular weight is 454 g/mol. The van der Waals surface area contributed by atoms with Crippen LogP contribution in [0.2, 0.25) is 5.02 Å². The van der Waals surface area contributed by atoms with Crippen molar-refractivity contribution in [3.63, 3.8) is 0 Å². The molecule has 2 N–H and O–H groups in total. The molecule has 0 bridgehead atoms. The molecule has 5 nitrogen and oxygen atoms in total. The van der Waals surface area contributed by atoms with Crippen molar-refractivity contribution in [2.24, 2.45) is 0 Å². The van der Waals surface area contributed by atoms with Crippen molar-refractivity contribution in [3.05, 3.63) is 82.6 Å². The van der Waals surface area contributed by atoms with E-state index in [1.807, 2.05) is 18.2 Å². The van der Waals surface area contributed by atoms with Crippen LogP contribution in [0.3, 0.4) is 0 Å². The second-order valence-corrected chi connectivity index (χ2v) is 7.60. The number of oxazole rings is 1. The van der Waals surface area contributed by atoms with Gasteiger partial charge in [-0.2, -0.15) is 0 Å². The SMILES string of the molecule is CCc1ccc2oc(-c3cc(NC(=S)NC(=O)c4ccc(F)cc4)ccc3Cl)nc2c1. The van der Waals surface area contributed by atoms with E-state index in [1.54, 1.807) is 18.2 Å². The van der Waals surface area contributed by atoms with Gasteiger partial charge < -0.3 is 9.73 Å². The van der Waals surface area contributed by atoms with Gasteiger partial charge in [0.05, 0.1) is 10.6 Å². The van der Waals surface area contributed by atoms with E-state index in [1.165, 1.54) is 24.3 Å². The summed E-state index contributed by atoms with van der Waals surface area (Å²) in [6, 6.07) is 16.2. The predicted molar refractivity (Wildman–Crippen MR) is 124 cm³/mol. The van der Waals surface area contributed by atoms with Gasteiger partial charge in [-0.25, -0.2) is 9.37 Å². The minimum atomic E-state index is -0.447. The number of benzene rings is 3. The number of hydrogen-bond acceptors (Lipinski definition) is 4. The molecule has 0 saturated carbocycles. The molecule has 1 amide bonds. The van der Waals surface area contributed by atoms with Crippen molar-refractivity contribution in [1.29, 1.82) is 0 Å². The monoisotopic (exact) mass is 453 g/mol. The summed E-state index contributed by atoms with van der Waals surface area (Å²) in [5.74, 6) is -0.480. The number of amides is 1. The fourth-order valence-corrected chi connectivity index (χ4v) is 3.42. The van der Waals surface area contributed by atoms with Crippen molar-refractivity contribution >= 4 is 51.6 Å². The molecule has 8 heteroatoms. The summed E-state index contributed by atoms with van der Waals surface area (Å²) in [6.07, 6.45) is 0.902. The highest BCUT2D eigenvalue weighted by Crippen LogP contribution is 2.32. The van der Waals surface area contributed by atoms with E-state index in [0.717, 1.165) is 17.5 Å². The maximum absolute atomic E-state index is 13.0. The van der Waals surface area contributed by atoms with Gasteiger partial charge in [0.2, 0.25) is 5.89 Å². The Hall–Kier alpha value is -3.29. The number of rotatable bonds is 4. The first kappa shape index (κ1) is 21.0. The Labute approximate surface area is 188 Å². The van der Waals surface area contributed by atoms with Crippen molar-refractivity contribution < 1.29 is 13.6 Å². The third kappa shape index (κ3) is 4.73. The third-order valence-electron chi connectivity index (χ3n) is 4.65. The van der Waals surface area contributed by atoms with Gasteiger partial charge in [-0.15, -0.1) is 0 Å². The lowest BCUT2D eigenvalue weighted by Crippen LogP contribution is -2.34. The molecule has 4 aromatic rings. The Bertz CT molecular complexity index is 1290. The van der Waals surface area contributed by atoms with Crippen LogP contribution < -0.4 is 10.6 Å². The van der Waals surface area contributed by atoms with E-state index >= 15 is 0 Å². The van der Waals surface area contributed by atoms with Crippen LogP contribution in [0.25, 0.3) is 22.6 Å². The van der Waals surface area contributed by atoms with Crippen molar-refractivity contribution in [2.45, 2.75) is 13.3 Å². The minimum absolute atomic E-state index is 0.0905. The normalized spacial score (nSPS) is 10.8. The number of halogens is 2. The fourth-order valence-electron chi connectivity index (χ4n) is 3.01. The summed E-state index contributed by atoms with van der Waals surface area (Å²) < 4.78 is 18.9. The van der Waals surface area contributed by atoms with Gasteiger partial charge in [0, 0.05) is 11.3 Å². The van der Waals surface area contributed by atoms with E-state index < -0.39 is 11.7 Å². The van der Waals surface area contributed by atoms with Crippen LogP contribution in [0, 0.1) is 5.82 Å².